The van der Waals surface area contributed by atoms with Gasteiger partial charge in [-0.25, -0.2) is 4.79 Å². The predicted molar refractivity (Wildman–Crippen MR) is 71.7 cm³/mol. The minimum Gasteiger partial charge on any atom is -0.490 e. The number of rotatable bonds is 2. The van der Waals surface area contributed by atoms with Crippen LogP contribution >= 0.6 is 11.6 Å². The van der Waals surface area contributed by atoms with E-state index in [1.165, 1.54) is 4.90 Å². The van der Waals surface area contributed by atoms with E-state index in [-0.39, 0.29) is 6.10 Å². The van der Waals surface area contributed by atoms with Crippen LogP contribution in [0.15, 0.2) is 24.3 Å². The molecule has 0 radical (unpaired) electrons. The highest BCUT2D eigenvalue weighted by Crippen LogP contribution is 2.39. The molecule has 2 atom stereocenters. The van der Waals surface area contributed by atoms with Crippen LogP contribution in [0.1, 0.15) is 12.8 Å². The van der Waals surface area contributed by atoms with Gasteiger partial charge < -0.3 is 14.7 Å². The Kier molecular flexibility index (Phi) is 3.27. The molecule has 1 aliphatic carbocycles. The Balaban J connectivity index is 1.57. The summed E-state index contributed by atoms with van der Waals surface area (Å²) in [6.07, 6.45) is 1.28. The summed E-state index contributed by atoms with van der Waals surface area (Å²) in [5.74, 6) is 1.74. The van der Waals surface area contributed by atoms with Crippen LogP contribution in [0.3, 0.4) is 0 Å². The summed E-state index contributed by atoms with van der Waals surface area (Å²) in [4.78, 5) is 12.4. The quantitative estimate of drug-likeness (QED) is 0.906. The number of likely N-dealkylation sites (tertiary alicyclic amines) is 1. The first-order valence-corrected chi connectivity index (χ1v) is 6.89. The van der Waals surface area contributed by atoms with Crippen molar-refractivity contribution in [3.63, 3.8) is 0 Å². The maximum atomic E-state index is 10.9. The number of hydrogen-bond donors (Lipinski definition) is 1. The predicted octanol–water partition coefficient (Wildman–Crippen LogP) is 3.11. The highest BCUT2D eigenvalue weighted by atomic mass is 35.5. The van der Waals surface area contributed by atoms with Crippen LogP contribution in [0.4, 0.5) is 4.79 Å². The second kappa shape index (κ2) is 4.93. The van der Waals surface area contributed by atoms with Crippen molar-refractivity contribution in [3.8, 4) is 5.75 Å². The highest BCUT2D eigenvalue weighted by molar-refractivity contribution is 6.30. The van der Waals surface area contributed by atoms with Crippen LogP contribution in [-0.2, 0) is 0 Å². The minimum atomic E-state index is -0.801. The zero-order chi connectivity index (χ0) is 13.4. The smallest absolute Gasteiger partial charge is 0.407 e. The lowest BCUT2D eigenvalue weighted by Crippen LogP contribution is -2.29. The molecule has 1 aliphatic heterocycles. The number of fused-ring (bicyclic) bond motifs is 1. The topological polar surface area (TPSA) is 49.8 Å². The Labute approximate surface area is 116 Å². The fourth-order valence-corrected chi connectivity index (χ4v) is 3.33. The van der Waals surface area contributed by atoms with Crippen LogP contribution in [0.25, 0.3) is 0 Å². The van der Waals surface area contributed by atoms with E-state index >= 15 is 0 Å². The van der Waals surface area contributed by atoms with Crippen molar-refractivity contribution in [1.82, 2.24) is 4.90 Å². The van der Waals surface area contributed by atoms with E-state index in [9.17, 15) is 4.79 Å². The molecule has 4 nitrogen and oxygen atoms in total. The summed E-state index contributed by atoms with van der Waals surface area (Å²) in [5.41, 5.74) is 0. The molecular formula is C14H16ClNO3. The van der Waals surface area contributed by atoms with Crippen molar-refractivity contribution in [2.75, 3.05) is 13.1 Å². The lowest BCUT2D eigenvalue weighted by atomic mass is 10.0. The molecule has 19 heavy (non-hydrogen) atoms. The van der Waals surface area contributed by atoms with Gasteiger partial charge in [0.15, 0.2) is 0 Å². The van der Waals surface area contributed by atoms with Crippen LogP contribution in [0, 0.1) is 11.8 Å². The Bertz CT molecular complexity index is 462. The number of carboxylic acid groups (broad SMARTS) is 1. The fraction of sp³-hybridized carbons (Fsp3) is 0.500. The number of halogens is 1. The molecule has 1 amide bonds. The van der Waals surface area contributed by atoms with E-state index in [0.717, 1.165) is 18.6 Å². The molecule has 102 valence electrons. The third-order valence-corrected chi connectivity index (χ3v) is 4.35. The number of ether oxygens (including phenoxy) is 1. The van der Waals surface area contributed by atoms with Crippen molar-refractivity contribution in [3.05, 3.63) is 29.3 Å². The average Bonchev–Trinajstić information content (AvgIpc) is 2.90. The molecule has 1 aromatic carbocycles. The Morgan fingerprint density at radius 3 is 2.32 bits per heavy atom. The molecule has 5 heteroatoms. The summed E-state index contributed by atoms with van der Waals surface area (Å²) in [6.45, 7) is 1.31. The van der Waals surface area contributed by atoms with Gasteiger partial charge in [0, 0.05) is 18.1 Å². The fourth-order valence-electron chi connectivity index (χ4n) is 3.20. The van der Waals surface area contributed by atoms with E-state index in [1.807, 2.05) is 24.3 Å². The number of hydrogen-bond acceptors (Lipinski definition) is 2. The van der Waals surface area contributed by atoms with E-state index < -0.39 is 6.09 Å². The minimum absolute atomic E-state index is 0.201. The first-order valence-electron chi connectivity index (χ1n) is 6.52. The molecule has 0 spiro atoms. The maximum absolute atomic E-state index is 10.9. The second-order valence-electron chi connectivity index (χ2n) is 5.37. The third-order valence-electron chi connectivity index (χ3n) is 4.09. The Hall–Kier alpha value is -1.42. The van der Waals surface area contributed by atoms with Crippen LogP contribution in [-0.4, -0.2) is 35.3 Å². The normalized spacial score (nSPS) is 29.3. The van der Waals surface area contributed by atoms with Crippen molar-refractivity contribution in [2.45, 2.75) is 18.9 Å². The zero-order valence-corrected chi connectivity index (χ0v) is 11.2. The molecule has 1 aromatic rings. The molecule has 2 aliphatic rings. The molecular weight excluding hydrogens is 266 g/mol. The van der Waals surface area contributed by atoms with Gasteiger partial charge in [0.25, 0.3) is 0 Å². The van der Waals surface area contributed by atoms with Crippen molar-refractivity contribution in [1.29, 1.82) is 0 Å². The third kappa shape index (κ3) is 2.63. The number of nitrogens with zero attached hydrogens (tertiary/aromatic N) is 1. The summed E-state index contributed by atoms with van der Waals surface area (Å²) in [7, 11) is 0. The summed E-state index contributed by atoms with van der Waals surface area (Å²) in [5, 5.41) is 9.68. The van der Waals surface area contributed by atoms with Gasteiger partial charge >= 0.3 is 6.09 Å². The van der Waals surface area contributed by atoms with Gasteiger partial charge in [-0.15, -0.1) is 0 Å². The Morgan fingerprint density at radius 1 is 1.21 bits per heavy atom. The van der Waals surface area contributed by atoms with Gasteiger partial charge in [-0.3, -0.25) is 0 Å². The highest BCUT2D eigenvalue weighted by Gasteiger charge is 2.43. The van der Waals surface area contributed by atoms with Crippen LogP contribution in [0.2, 0.25) is 5.02 Å². The summed E-state index contributed by atoms with van der Waals surface area (Å²) in [6, 6.07) is 7.39. The average molecular weight is 282 g/mol. The Morgan fingerprint density at radius 2 is 1.79 bits per heavy atom. The van der Waals surface area contributed by atoms with E-state index in [4.69, 9.17) is 21.4 Å². The van der Waals surface area contributed by atoms with Crippen LogP contribution in [0.5, 0.6) is 5.75 Å². The molecule has 1 saturated heterocycles. The summed E-state index contributed by atoms with van der Waals surface area (Å²) >= 11 is 5.84. The molecule has 2 fully saturated rings. The van der Waals surface area contributed by atoms with Gasteiger partial charge in [-0.05, 0) is 48.9 Å². The van der Waals surface area contributed by atoms with E-state index in [0.29, 0.717) is 29.9 Å². The van der Waals surface area contributed by atoms with Gasteiger partial charge in [-0.1, -0.05) is 11.6 Å². The largest absolute Gasteiger partial charge is 0.490 e. The summed E-state index contributed by atoms with van der Waals surface area (Å²) < 4.78 is 5.94. The van der Waals surface area contributed by atoms with E-state index in [1.54, 1.807) is 0 Å². The van der Waals surface area contributed by atoms with Crippen molar-refractivity contribution in [2.24, 2.45) is 11.8 Å². The maximum Gasteiger partial charge on any atom is 0.407 e. The number of amides is 1. The van der Waals surface area contributed by atoms with Crippen molar-refractivity contribution >= 4 is 17.7 Å². The number of carbonyl (C=O) groups is 1. The molecule has 0 aromatic heterocycles. The lowest BCUT2D eigenvalue weighted by Gasteiger charge is -2.17. The van der Waals surface area contributed by atoms with Crippen molar-refractivity contribution < 1.29 is 14.6 Å². The molecule has 3 rings (SSSR count). The SMILES string of the molecule is O=C(O)N1CC2CC(Oc3ccc(Cl)cc3)CC2C1. The van der Waals surface area contributed by atoms with Gasteiger partial charge in [-0.2, -0.15) is 0 Å². The second-order valence-corrected chi connectivity index (χ2v) is 5.81. The zero-order valence-electron chi connectivity index (χ0n) is 10.5. The standard InChI is InChI=1S/C14H16ClNO3/c15-11-1-3-12(4-2-11)19-13-5-9-7-16(14(17)18)8-10(9)6-13/h1-4,9-10,13H,5-8H2,(H,17,18). The molecule has 2 unspecified atom stereocenters. The van der Waals surface area contributed by atoms with Gasteiger partial charge in [0.05, 0.1) is 6.10 Å². The molecule has 0 bridgehead atoms. The molecule has 1 heterocycles. The van der Waals surface area contributed by atoms with Crippen LogP contribution < -0.4 is 4.74 Å². The lowest BCUT2D eigenvalue weighted by molar-refractivity contribution is 0.144. The first kappa shape index (κ1) is 12.6. The monoisotopic (exact) mass is 281 g/mol. The molecule has 1 saturated carbocycles. The molecule has 1 N–H and O–H groups in total. The number of benzene rings is 1. The van der Waals surface area contributed by atoms with Gasteiger partial charge in [0.2, 0.25) is 0 Å². The van der Waals surface area contributed by atoms with E-state index in [2.05, 4.69) is 0 Å². The first-order chi connectivity index (χ1) is 9.11. The van der Waals surface area contributed by atoms with Gasteiger partial charge in [0.1, 0.15) is 5.75 Å².